The molecule has 0 bridgehead atoms. The van der Waals surface area contributed by atoms with E-state index in [0.29, 0.717) is 31.7 Å². The fourth-order valence-corrected chi connectivity index (χ4v) is 3.13. The molecule has 0 unspecified atom stereocenters. The van der Waals surface area contributed by atoms with Crippen LogP contribution in [-0.4, -0.2) is 40.9 Å². The van der Waals surface area contributed by atoms with E-state index in [2.05, 4.69) is 10.3 Å². The highest BCUT2D eigenvalue weighted by atomic mass is 19.1. The van der Waals surface area contributed by atoms with Gasteiger partial charge in [-0.15, -0.1) is 0 Å². The molecule has 1 aliphatic rings. The smallest absolute Gasteiger partial charge is 0.226 e. The molecule has 6 nitrogen and oxygen atoms in total. The average Bonchev–Trinajstić information content (AvgIpc) is 2.68. The van der Waals surface area contributed by atoms with E-state index in [-0.39, 0.29) is 42.3 Å². The van der Waals surface area contributed by atoms with Gasteiger partial charge >= 0.3 is 0 Å². The summed E-state index contributed by atoms with van der Waals surface area (Å²) in [6.07, 6.45) is 3.05. The third-order valence-corrected chi connectivity index (χ3v) is 4.67. The monoisotopic (exact) mass is 385 g/mol. The number of benzene rings is 1. The number of carbonyl (C=O) groups is 2. The van der Waals surface area contributed by atoms with Crippen LogP contribution in [0.5, 0.6) is 5.75 Å². The van der Waals surface area contributed by atoms with Gasteiger partial charge in [0.05, 0.1) is 0 Å². The zero-order valence-corrected chi connectivity index (χ0v) is 15.9. The van der Waals surface area contributed by atoms with Gasteiger partial charge in [-0.2, -0.15) is 0 Å². The van der Waals surface area contributed by atoms with E-state index in [0.717, 1.165) is 5.56 Å². The topological polar surface area (TPSA) is 71.5 Å². The summed E-state index contributed by atoms with van der Waals surface area (Å²) in [5, 5.41) is 2.70. The molecular weight excluding hydrogens is 361 g/mol. The van der Waals surface area contributed by atoms with E-state index in [9.17, 15) is 14.0 Å². The van der Waals surface area contributed by atoms with E-state index in [1.165, 1.54) is 6.07 Å². The van der Waals surface area contributed by atoms with Gasteiger partial charge in [0.25, 0.3) is 0 Å². The number of anilines is 1. The minimum atomic E-state index is -0.380. The number of halogens is 1. The van der Waals surface area contributed by atoms with E-state index in [1.807, 2.05) is 13.0 Å². The van der Waals surface area contributed by atoms with Crippen molar-refractivity contribution in [2.75, 3.05) is 18.4 Å². The van der Waals surface area contributed by atoms with E-state index in [1.54, 1.807) is 35.4 Å². The molecule has 0 aliphatic carbocycles. The van der Waals surface area contributed by atoms with Crippen molar-refractivity contribution in [2.24, 2.45) is 0 Å². The number of carbonyl (C=O) groups excluding carboxylic acids is 2. The van der Waals surface area contributed by atoms with Crippen LogP contribution in [0.1, 0.15) is 31.2 Å². The molecule has 1 aromatic heterocycles. The van der Waals surface area contributed by atoms with E-state index in [4.69, 9.17) is 4.74 Å². The Kier molecular flexibility index (Phi) is 6.57. The second kappa shape index (κ2) is 9.30. The molecule has 1 fully saturated rings. The zero-order chi connectivity index (χ0) is 19.9. The van der Waals surface area contributed by atoms with Gasteiger partial charge in [-0.25, -0.2) is 9.37 Å². The van der Waals surface area contributed by atoms with Gasteiger partial charge in [-0.05, 0) is 36.8 Å². The van der Waals surface area contributed by atoms with Crippen molar-refractivity contribution in [3.8, 4) is 5.75 Å². The Morgan fingerprint density at radius 2 is 1.96 bits per heavy atom. The maximum absolute atomic E-state index is 13.7. The van der Waals surface area contributed by atoms with Crippen LogP contribution >= 0.6 is 0 Å². The first kappa shape index (κ1) is 19.8. The van der Waals surface area contributed by atoms with Crippen molar-refractivity contribution >= 4 is 17.6 Å². The summed E-state index contributed by atoms with van der Waals surface area (Å²) in [6.45, 7) is 3.00. The Labute approximate surface area is 163 Å². The van der Waals surface area contributed by atoms with Crippen molar-refractivity contribution in [1.29, 1.82) is 0 Å². The number of aromatic nitrogens is 1. The van der Waals surface area contributed by atoms with Crippen LogP contribution < -0.4 is 10.1 Å². The van der Waals surface area contributed by atoms with Gasteiger partial charge in [0.15, 0.2) is 11.6 Å². The fourth-order valence-electron chi connectivity index (χ4n) is 3.13. The van der Waals surface area contributed by atoms with Crippen molar-refractivity contribution in [3.05, 3.63) is 54.0 Å². The number of amides is 2. The molecule has 0 atom stereocenters. The number of likely N-dealkylation sites (tertiary alicyclic amines) is 1. The van der Waals surface area contributed by atoms with Gasteiger partial charge in [0, 0.05) is 45.0 Å². The Balaban J connectivity index is 1.40. The molecule has 2 amide bonds. The second-order valence-corrected chi connectivity index (χ2v) is 6.90. The first-order chi connectivity index (χ1) is 13.5. The molecule has 1 N–H and O–H groups in total. The van der Waals surface area contributed by atoms with Crippen molar-refractivity contribution in [1.82, 2.24) is 9.88 Å². The number of hydrogen-bond donors (Lipinski definition) is 1. The molecule has 3 rings (SSSR count). The maximum Gasteiger partial charge on any atom is 0.226 e. The molecule has 28 heavy (non-hydrogen) atoms. The molecule has 0 radical (unpaired) electrons. The zero-order valence-electron chi connectivity index (χ0n) is 15.9. The molecule has 1 saturated heterocycles. The number of pyridine rings is 1. The van der Waals surface area contributed by atoms with Crippen LogP contribution in [0.15, 0.2) is 42.6 Å². The lowest BCUT2D eigenvalue weighted by atomic mass is 10.1. The molecule has 1 aliphatic heterocycles. The summed E-state index contributed by atoms with van der Waals surface area (Å²) in [6, 6.07) is 9.95. The largest absolute Gasteiger partial charge is 0.487 e. The predicted molar refractivity (Wildman–Crippen MR) is 103 cm³/mol. The number of aryl methyl sites for hydroxylation is 1. The van der Waals surface area contributed by atoms with Crippen molar-refractivity contribution in [2.45, 2.75) is 38.7 Å². The van der Waals surface area contributed by atoms with Crippen molar-refractivity contribution < 1.29 is 18.7 Å². The second-order valence-electron chi connectivity index (χ2n) is 6.90. The molecule has 0 spiro atoms. The summed E-state index contributed by atoms with van der Waals surface area (Å²) in [5.41, 5.74) is 1.00. The van der Waals surface area contributed by atoms with Crippen LogP contribution in [-0.2, 0) is 9.59 Å². The Bertz CT molecular complexity index is 835. The highest BCUT2D eigenvalue weighted by molar-refractivity contribution is 5.92. The highest BCUT2D eigenvalue weighted by Crippen LogP contribution is 2.22. The first-order valence-electron chi connectivity index (χ1n) is 9.43. The first-order valence-corrected chi connectivity index (χ1v) is 9.43. The molecule has 148 valence electrons. The number of hydrogen-bond acceptors (Lipinski definition) is 4. The van der Waals surface area contributed by atoms with Gasteiger partial charge in [0.2, 0.25) is 11.8 Å². The Morgan fingerprint density at radius 1 is 1.21 bits per heavy atom. The maximum atomic E-state index is 13.7. The van der Waals surface area contributed by atoms with Crippen LogP contribution in [0.4, 0.5) is 10.2 Å². The number of rotatable bonds is 6. The predicted octanol–water partition coefficient (Wildman–Crippen LogP) is 3.32. The van der Waals surface area contributed by atoms with Crippen LogP contribution in [0.25, 0.3) is 0 Å². The Hall–Kier alpha value is -2.96. The molecule has 2 heterocycles. The lowest BCUT2D eigenvalue weighted by Gasteiger charge is -2.32. The number of para-hydroxylation sites is 1. The summed E-state index contributed by atoms with van der Waals surface area (Å²) in [7, 11) is 0. The highest BCUT2D eigenvalue weighted by Gasteiger charge is 2.24. The van der Waals surface area contributed by atoms with Crippen LogP contribution in [0.2, 0.25) is 0 Å². The number of piperidine rings is 1. The van der Waals surface area contributed by atoms with Crippen molar-refractivity contribution in [3.63, 3.8) is 0 Å². The van der Waals surface area contributed by atoms with Gasteiger partial charge in [-0.1, -0.05) is 12.1 Å². The molecule has 2 aromatic rings. The third-order valence-electron chi connectivity index (χ3n) is 4.67. The average molecular weight is 385 g/mol. The lowest BCUT2D eigenvalue weighted by Crippen LogP contribution is -2.42. The van der Waals surface area contributed by atoms with E-state index >= 15 is 0 Å². The normalized spacial score (nSPS) is 14.6. The number of nitrogens with one attached hydrogen (secondary N) is 1. The summed E-state index contributed by atoms with van der Waals surface area (Å²) in [4.78, 5) is 30.2. The Morgan fingerprint density at radius 3 is 2.68 bits per heavy atom. The van der Waals surface area contributed by atoms with Gasteiger partial charge < -0.3 is 15.0 Å². The van der Waals surface area contributed by atoms with Gasteiger partial charge in [0.1, 0.15) is 11.9 Å². The molecule has 1 aromatic carbocycles. The number of nitrogens with zero attached hydrogens (tertiary/aromatic N) is 2. The minimum Gasteiger partial charge on any atom is -0.487 e. The number of ether oxygens (including phenoxy) is 1. The fraction of sp³-hybridized carbons (Fsp3) is 0.381. The molecule has 0 saturated carbocycles. The van der Waals surface area contributed by atoms with Crippen LogP contribution in [0, 0.1) is 12.7 Å². The standard InChI is InChI=1S/C21H24FN3O3/c1-15-8-11-23-19(14-15)24-20(26)6-7-21(27)25-12-9-16(10-13-25)28-18-5-3-2-4-17(18)22/h2-5,8,11,14,16H,6-7,9-10,12-13H2,1H3,(H,23,24,26). The van der Waals surface area contributed by atoms with Crippen LogP contribution in [0.3, 0.4) is 0 Å². The minimum absolute atomic E-state index is 0.0586. The summed E-state index contributed by atoms with van der Waals surface area (Å²) < 4.78 is 19.4. The van der Waals surface area contributed by atoms with E-state index < -0.39 is 0 Å². The molecular formula is C21H24FN3O3. The quantitative estimate of drug-likeness (QED) is 0.828. The molecule has 7 heteroatoms. The lowest BCUT2D eigenvalue weighted by molar-refractivity contribution is -0.134. The summed E-state index contributed by atoms with van der Waals surface area (Å²) in [5.74, 6) is 0.0632. The summed E-state index contributed by atoms with van der Waals surface area (Å²) >= 11 is 0. The SMILES string of the molecule is Cc1ccnc(NC(=O)CCC(=O)N2CCC(Oc3ccccc3F)CC2)c1. The van der Waals surface area contributed by atoms with Gasteiger partial charge in [-0.3, -0.25) is 9.59 Å². The third kappa shape index (κ3) is 5.52.